The van der Waals surface area contributed by atoms with E-state index in [2.05, 4.69) is 12.2 Å². The molecule has 2 unspecified atom stereocenters. The Morgan fingerprint density at radius 1 is 1.33 bits per heavy atom. The lowest BCUT2D eigenvalue weighted by Gasteiger charge is -2.17. The molecule has 2 nitrogen and oxygen atoms in total. The standard InChI is InChI=1S/C12H25NOS/c1-2-15-8-4-7-13-9-11-5-3-6-12(11)10-14/h11-14H,2-10H2,1H3. The van der Waals surface area contributed by atoms with Crippen molar-refractivity contribution in [2.24, 2.45) is 11.8 Å². The second-order valence-electron chi connectivity index (χ2n) is 4.39. The summed E-state index contributed by atoms with van der Waals surface area (Å²) in [5, 5.41) is 12.7. The fraction of sp³-hybridized carbons (Fsp3) is 1.00. The van der Waals surface area contributed by atoms with Crippen LogP contribution in [0.2, 0.25) is 0 Å². The maximum absolute atomic E-state index is 9.18. The molecule has 1 rings (SSSR count). The predicted octanol–water partition coefficient (Wildman–Crippen LogP) is 2.13. The lowest BCUT2D eigenvalue weighted by molar-refractivity contribution is 0.192. The first-order valence-electron chi connectivity index (χ1n) is 6.27. The van der Waals surface area contributed by atoms with E-state index in [1.54, 1.807) is 0 Å². The third-order valence-corrected chi connectivity index (χ3v) is 4.29. The number of rotatable bonds is 8. The lowest BCUT2D eigenvalue weighted by Crippen LogP contribution is -2.27. The topological polar surface area (TPSA) is 32.3 Å². The fourth-order valence-electron chi connectivity index (χ4n) is 2.35. The molecule has 90 valence electrons. The number of hydrogen-bond acceptors (Lipinski definition) is 3. The molecular formula is C12H25NOS. The largest absolute Gasteiger partial charge is 0.396 e. The second-order valence-corrected chi connectivity index (χ2v) is 5.78. The van der Waals surface area contributed by atoms with Gasteiger partial charge >= 0.3 is 0 Å². The van der Waals surface area contributed by atoms with Gasteiger partial charge < -0.3 is 10.4 Å². The van der Waals surface area contributed by atoms with E-state index in [0.29, 0.717) is 12.5 Å². The summed E-state index contributed by atoms with van der Waals surface area (Å²) in [4.78, 5) is 0. The highest BCUT2D eigenvalue weighted by atomic mass is 32.2. The summed E-state index contributed by atoms with van der Waals surface area (Å²) in [6, 6.07) is 0. The summed E-state index contributed by atoms with van der Waals surface area (Å²) in [5.74, 6) is 3.81. The molecule has 0 aromatic rings. The lowest BCUT2D eigenvalue weighted by atomic mass is 9.97. The Balaban J connectivity index is 1.95. The van der Waals surface area contributed by atoms with Crippen molar-refractivity contribution in [3.63, 3.8) is 0 Å². The van der Waals surface area contributed by atoms with Gasteiger partial charge in [0.2, 0.25) is 0 Å². The van der Waals surface area contributed by atoms with Gasteiger partial charge in [0.05, 0.1) is 0 Å². The van der Waals surface area contributed by atoms with E-state index in [-0.39, 0.29) is 0 Å². The maximum atomic E-state index is 9.18. The first-order valence-corrected chi connectivity index (χ1v) is 7.43. The van der Waals surface area contributed by atoms with Crippen molar-refractivity contribution in [2.45, 2.75) is 32.6 Å². The molecule has 1 aliphatic carbocycles. The Morgan fingerprint density at radius 2 is 2.13 bits per heavy atom. The van der Waals surface area contributed by atoms with Crippen LogP contribution in [0.1, 0.15) is 32.6 Å². The van der Waals surface area contributed by atoms with E-state index in [9.17, 15) is 5.11 Å². The quantitative estimate of drug-likeness (QED) is 0.628. The Hall–Kier alpha value is 0.270. The van der Waals surface area contributed by atoms with E-state index in [4.69, 9.17) is 0 Å². The summed E-state index contributed by atoms with van der Waals surface area (Å²) in [6.07, 6.45) is 5.12. The first kappa shape index (κ1) is 13.3. The molecule has 0 radical (unpaired) electrons. The molecule has 0 aliphatic heterocycles. The van der Waals surface area contributed by atoms with Crippen LogP contribution in [0.3, 0.4) is 0 Å². The van der Waals surface area contributed by atoms with Gasteiger partial charge in [-0.15, -0.1) is 0 Å². The van der Waals surface area contributed by atoms with Gasteiger partial charge in [-0.1, -0.05) is 13.3 Å². The average molecular weight is 231 g/mol. The molecule has 0 bridgehead atoms. The van der Waals surface area contributed by atoms with E-state index in [1.165, 1.54) is 37.2 Å². The zero-order valence-corrected chi connectivity index (χ0v) is 10.7. The number of nitrogens with one attached hydrogen (secondary N) is 1. The zero-order chi connectivity index (χ0) is 10.9. The summed E-state index contributed by atoms with van der Waals surface area (Å²) < 4.78 is 0. The Bertz CT molecular complexity index is 155. The van der Waals surface area contributed by atoms with Crippen molar-refractivity contribution >= 4 is 11.8 Å². The number of aliphatic hydroxyl groups excluding tert-OH is 1. The summed E-state index contributed by atoms with van der Waals surface area (Å²) in [6.45, 7) is 4.85. The SMILES string of the molecule is CCSCCCNCC1CCCC1CO. The Morgan fingerprint density at radius 3 is 2.87 bits per heavy atom. The molecule has 0 aromatic heterocycles. The van der Waals surface area contributed by atoms with Crippen molar-refractivity contribution in [2.75, 3.05) is 31.2 Å². The van der Waals surface area contributed by atoms with Gasteiger partial charge in [-0.05, 0) is 55.7 Å². The van der Waals surface area contributed by atoms with Crippen LogP contribution in [0.5, 0.6) is 0 Å². The summed E-state index contributed by atoms with van der Waals surface area (Å²) in [7, 11) is 0. The van der Waals surface area contributed by atoms with E-state index < -0.39 is 0 Å². The molecule has 2 atom stereocenters. The second kappa shape index (κ2) is 8.43. The van der Waals surface area contributed by atoms with Gasteiger partial charge in [-0.25, -0.2) is 0 Å². The van der Waals surface area contributed by atoms with Crippen LogP contribution in [0.15, 0.2) is 0 Å². The molecule has 0 aromatic carbocycles. The average Bonchev–Trinajstić information content (AvgIpc) is 2.70. The van der Waals surface area contributed by atoms with Crippen LogP contribution in [-0.4, -0.2) is 36.3 Å². The summed E-state index contributed by atoms with van der Waals surface area (Å²) in [5.41, 5.74) is 0. The van der Waals surface area contributed by atoms with Gasteiger partial charge in [0, 0.05) is 6.61 Å². The number of hydrogen-bond donors (Lipinski definition) is 2. The van der Waals surface area contributed by atoms with Gasteiger partial charge in [-0.3, -0.25) is 0 Å². The number of aliphatic hydroxyl groups is 1. The minimum atomic E-state index is 0.387. The highest BCUT2D eigenvalue weighted by molar-refractivity contribution is 7.99. The molecule has 1 fully saturated rings. The highest BCUT2D eigenvalue weighted by Crippen LogP contribution is 2.30. The van der Waals surface area contributed by atoms with Gasteiger partial charge in [0.15, 0.2) is 0 Å². The molecule has 2 N–H and O–H groups in total. The van der Waals surface area contributed by atoms with Crippen molar-refractivity contribution in [3.8, 4) is 0 Å². The first-order chi connectivity index (χ1) is 7.38. The predicted molar refractivity (Wildman–Crippen MR) is 68.4 cm³/mol. The normalized spacial score (nSPS) is 26.0. The summed E-state index contributed by atoms with van der Waals surface area (Å²) >= 11 is 2.02. The van der Waals surface area contributed by atoms with E-state index >= 15 is 0 Å². The van der Waals surface area contributed by atoms with Crippen LogP contribution in [0.4, 0.5) is 0 Å². The molecule has 1 saturated carbocycles. The van der Waals surface area contributed by atoms with Gasteiger partial charge in [0.25, 0.3) is 0 Å². The van der Waals surface area contributed by atoms with Crippen LogP contribution >= 0.6 is 11.8 Å². The Kier molecular flexibility index (Phi) is 7.49. The van der Waals surface area contributed by atoms with E-state index in [1.807, 2.05) is 11.8 Å². The molecule has 0 amide bonds. The third-order valence-electron chi connectivity index (χ3n) is 3.30. The molecular weight excluding hydrogens is 206 g/mol. The molecule has 0 saturated heterocycles. The van der Waals surface area contributed by atoms with Crippen LogP contribution in [0.25, 0.3) is 0 Å². The minimum absolute atomic E-state index is 0.387. The minimum Gasteiger partial charge on any atom is -0.396 e. The Labute approximate surface area is 98.2 Å². The maximum Gasteiger partial charge on any atom is 0.0462 e. The van der Waals surface area contributed by atoms with Crippen molar-refractivity contribution in [3.05, 3.63) is 0 Å². The molecule has 3 heteroatoms. The monoisotopic (exact) mass is 231 g/mol. The van der Waals surface area contributed by atoms with Crippen molar-refractivity contribution in [1.82, 2.24) is 5.32 Å². The van der Waals surface area contributed by atoms with Crippen LogP contribution in [-0.2, 0) is 0 Å². The van der Waals surface area contributed by atoms with E-state index in [0.717, 1.165) is 19.0 Å². The highest BCUT2D eigenvalue weighted by Gasteiger charge is 2.25. The third kappa shape index (κ3) is 5.23. The molecule has 15 heavy (non-hydrogen) atoms. The van der Waals surface area contributed by atoms with Gasteiger partial charge in [0.1, 0.15) is 0 Å². The van der Waals surface area contributed by atoms with Crippen molar-refractivity contribution < 1.29 is 5.11 Å². The van der Waals surface area contributed by atoms with Crippen LogP contribution in [0, 0.1) is 11.8 Å². The van der Waals surface area contributed by atoms with Crippen LogP contribution < -0.4 is 5.32 Å². The molecule has 0 spiro atoms. The van der Waals surface area contributed by atoms with Gasteiger partial charge in [-0.2, -0.15) is 11.8 Å². The van der Waals surface area contributed by atoms with Crippen molar-refractivity contribution in [1.29, 1.82) is 0 Å². The molecule has 0 heterocycles. The molecule has 1 aliphatic rings. The number of thioether (sulfide) groups is 1. The smallest absolute Gasteiger partial charge is 0.0462 e. The zero-order valence-electron chi connectivity index (χ0n) is 9.87. The fourth-order valence-corrected chi connectivity index (χ4v) is 2.99.